The first kappa shape index (κ1) is 20.6. The van der Waals surface area contributed by atoms with Gasteiger partial charge in [0, 0.05) is 12.1 Å². The third-order valence-corrected chi connectivity index (χ3v) is 4.68. The van der Waals surface area contributed by atoms with Gasteiger partial charge in [-0.2, -0.15) is 5.26 Å². The molecule has 6 nitrogen and oxygen atoms in total. The summed E-state index contributed by atoms with van der Waals surface area (Å²) >= 11 is 0. The van der Waals surface area contributed by atoms with Crippen LogP contribution in [0.25, 0.3) is 0 Å². The van der Waals surface area contributed by atoms with Crippen molar-refractivity contribution in [3.8, 4) is 6.07 Å². The fourth-order valence-electron chi connectivity index (χ4n) is 2.74. The summed E-state index contributed by atoms with van der Waals surface area (Å²) in [5.74, 6) is 0.0506. The lowest BCUT2D eigenvalue weighted by Crippen LogP contribution is -2.25. The van der Waals surface area contributed by atoms with E-state index in [-0.39, 0.29) is 11.4 Å². The highest BCUT2D eigenvalue weighted by molar-refractivity contribution is 5.95. The van der Waals surface area contributed by atoms with E-state index in [2.05, 4.69) is 28.6 Å². The molecule has 1 fully saturated rings. The molecule has 1 aromatic heterocycles. The first-order chi connectivity index (χ1) is 13.0. The first-order valence-corrected chi connectivity index (χ1v) is 9.67. The highest BCUT2D eigenvalue weighted by atomic mass is 16.1. The number of nitrogens with zero attached hydrogens (tertiary/aromatic N) is 4. The summed E-state index contributed by atoms with van der Waals surface area (Å²) < 4.78 is 1.67. The number of benzene rings is 1. The second-order valence-corrected chi connectivity index (χ2v) is 7.08. The average molecular weight is 367 g/mol. The zero-order chi connectivity index (χ0) is 19.7. The third kappa shape index (κ3) is 5.92. The highest BCUT2D eigenvalue weighted by Crippen LogP contribution is 2.41. The summed E-state index contributed by atoms with van der Waals surface area (Å²) in [5.41, 5.74) is 2.35. The zero-order valence-electron chi connectivity index (χ0n) is 16.5. The molecule has 0 radical (unpaired) electrons. The SMILES string of the molecule is CCCCCCNC(=O)c1ccccc1C.Cc1cn(C2(C#N)CC2)nn1. The molecule has 144 valence electrons. The summed E-state index contributed by atoms with van der Waals surface area (Å²) in [7, 11) is 0. The van der Waals surface area contributed by atoms with Gasteiger partial charge >= 0.3 is 0 Å². The molecule has 3 rings (SSSR count). The van der Waals surface area contributed by atoms with Gasteiger partial charge in [-0.15, -0.1) is 5.10 Å². The number of rotatable bonds is 7. The van der Waals surface area contributed by atoms with Gasteiger partial charge in [0.05, 0.1) is 18.0 Å². The second kappa shape index (κ2) is 9.86. The molecule has 0 spiro atoms. The van der Waals surface area contributed by atoms with Crippen molar-refractivity contribution in [1.29, 1.82) is 5.26 Å². The van der Waals surface area contributed by atoms with Crippen LogP contribution in [0.4, 0.5) is 0 Å². The van der Waals surface area contributed by atoms with Crippen LogP contribution in [0.3, 0.4) is 0 Å². The lowest BCUT2D eigenvalue weighted by molar-refractivity contribution is 0.0952. The van der Waals surface area contributed by atoms with Gasteiger partial charge < -0.3 is 5.32 Å². The number of hydrogen-bond donors (Lipinski definition) is 1. The molecule has 2 aromatic rings. The van der Waals surface area contributed by atoms with E-state index in [1.807, 2.05) is 44.3 Å². The van der Waals surface area contributed by atoms with Gasteiger partial charge in [-0.1, -0.05) is 49.6 Å². The molecule has 1 aliphatic rings. The first-order valence-electron chi connectivity index (χ1n) is 9.67. The Hall–Kier alpha value is -2.68. The lowest BCUT2D eigenvalue weighted by atomic mass is 10.1. The van der Waals surface area contributed by atoms with Crippen LogP contribution < -0.4 is 5.32 Å². The fraction of sp³-hybridized carbons (Fsp3) is 0.524. The number of unbranched alkanes of at least 4 members (excludes halogenated alkanes) is 3. The maximum Gasteiger partial charge on any atom is 0.251 e. The zero-order valence-corrected chi connectivity index (χ0v) is 16.5. The minimum Gasteiger partial charge on any atom is -0.352 e. The molecule has 0 aliphatic heterocycles. The van der Waals surface area contributed by atoms with Crippen LogP contribution in [-0.2, 0) is 5.54 Å². The van der Waals surface area contributed by atoms with E-state index in [4.69, 9.17) is 5.26 Å². The van der Waals surface area contributed by atoms with E-state index < -0.39 is 0 Å². The molecule has 27 heavy (non-hydrogen) atoms. The fourth-order valence-corrected chi connectivity index (χ4v) is 2.74. The number of nitrogens with one attached hydrogen (secondary N) is 1. The van der Waals surface area contributed by atoms with Gasteiger partial charge in [-0.3, -0.25) is 4.79 Å². The summed E-state index contributed by atoms with van der Waals surface area (Å²) in [5, 5.41) is 19.4. The van der Waals surface area contributed by atoms with Gasteiger partial charge in [-0.25, -0.2) is 4.68 Å². The Kier molecular flexibility index (Phi) is 7.54. The van der Waals surface area contributed by atoms with Crippen molar-refractivity contribution in [3.05, 3.63) is 47.3 Å². The van der Waals surface area contributed by atoms with Crippen molar-refractivity contribution in [2.45, 2.75) is 64.8 Å². The maximum absolute atomic E-state index is 11.8. The quantitative estimate of drug-likeness (QED) is 0.752. The lowest BCUT2D eigenvalue weighted by Gasteiger charge is -2.07. The predicted octanol–water partition coefficient (Wildman–Crippen LogP) is 3.90. The number of amides is 1. The summed E-state index contributed by atoms with van der Waals surface area (Å²) in [6, 6.07) is 9.93. The molecule has 1 saturated carbocycles. The molecular weight excluding hydrogens is 338 g/mol. The Balaban J connectivity index is 0.000000206. The molecule has 0 atom stereocenters. The van der Waals surface area contributed by atoms with Crippen LogP contribution in [0.5, 0.6) is 0 Å². The van der Waals surface area contributed by atoms with E-state index in [0.29, 0.717) is 0 Å². The summed E-state index contributed by atoms with van der Waals surface area (Å²) in [6.07, 6.45) is 8.39. The number of carbonyl (C=O) groups excluding carboxylic acids is 1. The maximum atomic E-state index is 11.8. The predicted molar refractivity (Wildman–Crippen MR) is 105 cm³/mol. The van der Waals surface area contributed by atoms with Crippen molar-refractivity contribution in [2.24, 2.45) is 0 Å². The van der Waals surface area contributed by atoms with Gasteiger partial charge in [0.15, 0.2) is 5.54 Å². The smallest absolute Gasteiger partial charge is 0.251 e. The molecule has 1 amide bonds. The van der Waals surface area contributed by atoms with E-state index in [0.717, 1.165) is 42.6 Å². The normalized spacial score (nSPS) is 13.9. The van der Waals surface area contributed by atoms with Crippen LogP contribution >= 0.6 is 0 Å². The number of nitriles is 1. The topological polar surface area (TPSA) is 83.6 Å². The molecule has 1 aromatic carbocycles. The number of aryl methyl sites for hydroxylation is 2. The van der Waals surface area contributed by atoms with E-state index in [1.165, 1.54) is 19.3 Å². The molecule has 1 aliphatic carbocycles. The van der Waals surface area contributed by atoms with Crippen LogP contribution in [-0.4, -0.2) is 27.4 Å². The van der Waals surface area contributed by atoms with Crippen molar-refractivity contribution < 1.29 is 4.79 Å². The molecule has 0 saturated heterocycles. The van der Waals surface area contributed by atoms with E-state index in [9.17, 15) is 4.79 Å². The van der Waals surface area contributed by atoms with Crippen molar-refractivity contribution in [1.82, 2.24) is 20.3 Å². The number of carbonyl (C=O) groups is 1. The number of hydrogen-bond acceptors (Lipinski definition) is 4. The summed E-state index contributed by atoms with van der Waals surface area (Å²) in [4.78, 5) is 11.8. The highest BCUT2D eigenvalue weighted by Gasteiger charge is 2.46. The van der Waals surface area contributed by atoms with Crippen LogP contribution in [0.2, 0.25) is 0 Å². The molecular formula is C21H29N5O. The monoisotopic (exact) mass is 367 g/mol. The second-order valence-electron chi connectivity index (χ2n) is 7.08. The van der Waals surface area contributed by atoms with Crippen LogP contribution in [0, 0.1) is 25.2 Å². The van der Waals surface area contributed by atoms with Crippen LogP contribution in [0.15, 0.2) is 30.5 Å². The van der Waals surface area contributed by atoms with Gasteiger partial charge in [0.2, 0.25) is 0 Å². The largest absolute Gasteiger partial charge is 0.352 e. The van der Waals surface area contributed by atoms with E-state index >= 15 is 0 Å². The van der Waals surface area contributed by atoms with Crippen molar-refractivity contribution in [2.75, 3.05) is 6.54 Å². The summed E-state index contributed by atoms with van der Waals surface area (Å²) in [6.45, 7) is 6.81. The average Bonchev–Trinajstić information content (AvgIpc) is 3.36. The minimum absolute atomic E-state index is 0.0506. The van der Waals surface area contributed by atoms with Crippen molar-refractivity contribution in [3.63, 3.8) is 0 Å². The molecule has 0 unspecified atom stereocenters. The van der Waals surface area contributed by atoms with Gasteiger partial charge in [0.25, 0.3) is 5.91 Å². The number of aromatic nitrogens is 3. The standard InChI is InChI=1S/C14H21NO.C7H8N4/c1-3-4-5-8-11-15-14(16)13-10-7-6-9-12(13)2;1-6-4-11(10-9-6)7(5-8)2-3-7/h6-7,9-10H,3-5,8,11H2,1-2H3,(H,15,16);4H,2-3H2,1H3. The minimum atomic E-state index is -0.346. The molecule has 0 bridgehead atoms. The molecule has 1 heterocycles. The Morgan fingerprint density at radius 1 is 1.26 bits per heavy atom. The Bertz CT molecular complexity index is 786. The van der Waals surface area contributed by atoms with Gasteiger partial charge in [0.1, 0.15) is 0 Å². The molecule has 6 heteroatoms. The Morgan fingerprint density at radius 2 is 2.00 bits per heavy atom. The van der Waals surface area contributed by atoms with Crippen molar-refractivity contribution >= 4 is 5.91 Å². The van der Waals surface area contributed by atoms with Gasteiger partial charge in [-0.05, 0) is 44.7 Å². The Morgan fingerprint density at radius 3 is 2.56 bits per heavy atom. The van der Waals surface area contributed by atoms with Crippen LogP contribution in [0.1, 0.15) is 67.1 Å². The third-order valence-electron chi connectivity index (χ3n) is 4.68. The molecule has 1 N–H and O–H groups in total. The Labute approximate surface area is 161 Å². The van der Waals surface area contributed by atoms with E-state index in [1.54, 1.807) is 4.68 Å².